The van der Waals surface area contributed by atoms with Crippen LogP contribution in [0.3, 0.4) is 0 Å². The molecular formula is C9H17N3S. The van der Waals surface area contributed by atoms with Gasteiger partial charge in [0.25, 0.3) is 0 Å². The van der Waals surface area contributed by atoms with E-state index in [2.05, 4.69) is 22.5 Å². The Morgan fingerprint density at radius 3 is 2.92 bits per heavy atom. The van der Waals surface area contributed by atoms with Crippen molar-refractivity contribution in [2.45, 2.75) is 19.9 Å². The first-order chi connectivity index (χ1) is 6.43. The topological polar surface area (TPSA) is 37.0 Å². The van der Waals surface area contributed by atoms with E-state index in [1.807, 2.05) is 11.6 Å². The molecule has 0 atom stereocenters. The van der Waals surface area contributed by atoms with Crippen molar-refractivity contribution in [3.8, 4) is 0 Å². The number of nitrogens with zero attached hydrogens (tertiary/aromatic N) is 1. The molecule has 1 aromatic heterocycles. The van der Waals surface area contributed by atoms with Crippen LogP contribution in [0.25, 0.3) is 0 Å². The largest absolute Gasteiger partial charge is 0.317 e. The van der Waals surface area contributed by atoms with Crippen molar-refractivity contribution in [1.82, 2.24) is 15.6 Å². The minimum Gasteiger partial charge on any atom is -0.317 e. The molecule has 0 spiro atoms. The lowest BCUT2D eigenvalue weighted by molar-refractivity contribution is 0.605. The predicted octanol–water partition coefficient (Wildman–Crippen LogP) is 1.23. The van der Waals surface area contributed by atoms with E-state index in [4.69, 9.17) is 0 Å². The highest BCUT2D eigenvalue weighted by atomic mass is 32.1. The third-order valence-electron chi connectivity index (χ3n) is 1.72. The van der Waals surface area contributed by atoms with Crippen LogP contribution in [-0.2, 0) is 6.54 Å². The lowest BCUT2D eigenvalue weighted by Crippen LogP contribution is -2.21. The Morgan fingerprint density at radius 1 is 1.38 bits per heavy atom. The second-order valence-corrected chi connectivity index (χ2v) is 3.79. The Hall–Kier alpha value is -0.450. The van der Waals surface area contributed by atoms with Crippen molar-refractivity contribution >= 4 is 11.3 Å². The average Bonchev–Trinajstić information content (AvgIpc) is 2.63. The molecule has 74 valence electrons. The molecule has 0 saturated heterocycles. The molecule has 0 radical (unpaired) electrons. The summed E-state index contributed by atoms with van der Waals surface area (Å²) in [5, 5.41) is 9.82. The molecule has 0 saturated carbocycles. The van der Waals surface area contributed by atoms with E-state index >= 15 is 0 Å². The van der Waals surface area contributed by atoms with Gasteiger partial charge in [-0.05, 0) is 26.1 Å². The maximum absolute atomic E-state index is 4.19. The van der Waals surface area contributed by atoms with Crippen molar-refractivity contribution in [1.29, 1.82) is 0 Å². The van der Waals surface area contributed by atoms with Crippen LogP contribution in [0.4, 0.5) is 0 Å². The van der Waals surface area contributed by atoms with Gasteiger partial charge >= 0.3 is 0 Å². The van der Waals surface area contributed by atoms with Crippen LogP contribution in [0, 0.1) is 0 Å². The van der Waals surface area contributed by atoms with E-state index < -0.39 is 0 Å². The van der Waals surface area contributed by atoms with Crippen LogP contribution in [0.5, 0.6) is 0 Å². The van der Waals surface area contributed by atoms with Gasteiger partial charge in [-0.3, -0.25) is 0 Å². The number of hydrogen-bond acceptors (Lipinski definition) is 4. The van der Waals surface area contributed by atoms with Crippen molar-refractivity contribution in [3.63, 3.8) is 0 Å². The Labute approximate surface area is 83.6 Å². The molecule has 0 aliphatic carbocycles. The van der Waals surface area contributed by atoms with Gasteiger partial charge in [-0.15, -0.1) is 11.3 Å². The summed E-state index contributed by atoms with van der Waals surface area (Å²) in [5.74, 6) is 0. The quantitative estimate of drug-likeness (QED) is 0.649. The summed E-state index contributed by atoms with van der Waals surface area (Å²) in [6.07, 6.45) is 3.03. The Morgan fingerprint density at radius 2 is 2.23 bits per heavy atom. The van der Waals surface area contributed by atoms with Crippen molar-refractivity contribution in [2.75, 3.05) is 19.6 Å². The molecule has 0 fully saturated rings. The Bertz CT molecular complexity index is 199. The first-order valence-electron chi connectivity index (χ1n) is 4.73. The summed E-state index contributed by atoms with van der Waals surface area (Å²) in [6.45, 7) is 6.26. The van der Waals surface area contributed by atoms with Gasteiger partial charge in [0.05, 0.1) is 0 Å². The summed E-state index contributed by atoms with van der Waals surface area (Å²) < 4.78 is 0. The van der Waals surface area contributed by atoms with E-state index in [0.717, 1.165) is 26.2 Å². The standard InChI is InChI=1S/C9H17N3S/c1-2-10-4-3-5-11-8-9-12-6-7-13-9/h6-7,10-11H,2-5,8H2,1H3. The second kappa shape index (κ2) is 7.00. The highest BCUT2D eigenvalue weighted by Crippen LogP contribution is 2.02. The smallest absolute Gasteiger partial charge is 0.106 e. The van der Waals surface area contributed by atoms with Gasteiger partial charge in [0, 0.05) is 18.1 Å². The summed E-state index contributed by atoms with van der Waals surface area (Å²) in [5.41, 5.74) is 0. The Balaban J connectivity index is 1.90. The van der Waals surface area contributed by atoms with Gasteiger partial charge in [0.1, 0.15) is 5.01 Å². The highest BCUT2D eigenvalue weighted by molar-refractivity contribution is 7.09. The zero-order valence-corrected chi connectivity index (χ0v) is 8.86. The number of hydrogen-bond donors (Lipinski definition) is 2. The lowest BCUT2D eigenvalue weighted by Gasteiger charge is -2.02. The third kappa shape index (κ3) is 4.98. The molecular weight excluding hydrogens is 182 g/mol. The third-order valence-corrected chi connectivity index (χ3v) is 2.50. The predicted molar refractivity (Wildman–Crippen MR) is 57.0 cm³/mol. The van der Waals surface area contributed by atoms with Crippen molar-refractivity contribution in [3.05, 3.63) is 16.6 Å². The molecule has 1 rings (SSSR count). The minimum atomic E-state index is 0.907. The zero-order valence-electron chi connectivity index (χ0n) is 8.05. The van der Waals surface area contributed by atoms with Crippen LogP contribution in [0.2, 0.25) is 0 Å². The normalized spacial score (nSPS) is 10.5. The van der Waals surface area contributed by atoms with Crippen LogP contribution in [0.15, 0.2) is 11.6 Å². The summed E-state index contributed by atoms with van der Waals surface area (Å²) in [6, 6.07) is 0. The van der Waals surface area contributed by atoms with Gasteiger partial charge in [0.15, 0.2) is 0 Å². The van der Waals surface area contributed by atoms with Crippen molar-refractivity contribution in [2.24, 2.45) is 0 Å². The molecule has 0 aliphatic heterocycles. The van der Waals surface area contributed by atoms with Crippen LogP contribution in [-0.4, -0.2) is 24.6 Å². The lowest BCUT2D eigenvalue weighted by atomic mass is 10.4. The molecule has 0 aromatic carbocycles. The minimum absolute atomic E-state index is 0.907. The van der Waals surface area contributed by atoms with Crippen molar-refractivity contribution < 1.29 is 0 Å². The van der Waals surface area contributed by atoms with Gasteiger partial charge < -0.3 is 10.6 Å². The van der Waals surface area contributed by atoms with Gasteiger partial charge in [0.2, 0.25) is 0 Å². The zero-order chi connectivity index (χ0) is 9.36. The number of aromatic nitrogens is 1. The summed E-state index contributed by atoms with van der Waals surface area (Å²) in [4.78, 5) is 4.19. The van der Waals surface area contributed by atoms with Crippen LogP contribution >= 0.6 is 11.3 Å². The average molecular weight is 199 g/mol. The monoisotopic (exact) mass is 199 g/mol. The van der Waals surface area contributed by atoms with E-state index in [1.54, 1.807) is 11.3 Å². The molecule has 3 nitrogen and oxygen atoms in total. The molecule has 4 heteroatoms. The maximum atomic E-state index is 4.19. The van der Waals surface area contributed by atoms with E-state index in [1.165, 1.54) is 11.4 Å². The molecule has 0 bridgehead atoms. The molecule has 0 amide bonds. The fourth-order valence-electron chi connectivity index (χ4n) is 1.05. The first-order valence-corrected chi connectivity index (χ1v) is 5.61. The summed E-state index contributed by atoms with van der Waals surface area (Å²) in [7, 11) is 0. The number of rotatable bonds is 7. The molecule has 1 aromatic rings. The fraction of sp³-hybridized carbons (Fsp3) is 0.667. The molecule has 13 heavy (non-hydrogen) atoms. The number of nitrogens with one attached hydrogen (secondary N) is 2. The maximum Gasteiger partial charge on any atom is 0.106 e. The Kier molecular flexibility index (Phi) is 5.73. The van der Waals surface area contributed by atoms with E-state index in [0.29, 0.717) is 0 Å². The van der Waals surface area contributed by atoms with Gasteiger partial charge in [-0.1, -0.05) is 6.92 Å². The van der Waals surface area contributed by atoms with Gasteiger partial charge in [-0.2, -0.15) is 0 Å². The second-order valence-electron chi connectivity index (χ2n) is 2.81. The molecule has 0 aliphatic rings. The number of thiazole rings is 1. The summed E-state index contributed by atoms with van der Waals surface area (Å²) >= 11 is 1.70. The first kappa shape index (κ1) is 10.6. The van der Waals surface area contributed by atoms with E-state index in [-0.39, 0.29) is 0 Å². The SMILES string of the molecule is CCNCCCNCc1nccs1. The highest BCUT2D eigenvalue weighted by Gasteiger charge is 1.93. The fourth-order valence-corrected chi connectivity index (χ4v) is 1.64. The molecule has 1 heterocycles. The molecule has 2 N–H and O–H groups in total. The van der Waals surface area contributed by atoms with Crippen LogP contribution in [0.1, 0.15) is 18.4 Å². The van der Waals surface area contributed by atoms with Crippen LogP contribution < -0.4 is 10.6 Å². The van der Waals surface area contributed by atoms with Gasteiger partial charge in [-0.25, -0.2) is 4.98 Å². The van der Waals surface area contributed by atoms with E-state index in [9.17, 15) is 0 Å². The molecule has 0 unspecified atom stereocenters.